The first-order chi connectivity index (χ1) is 7.07. The van der Waals surface area contributed by atoms with Crippen LogP contribution in [0.25, 0.3) is 0 Å². The second kappa shape index (κ2) is 3.45. The number of benzene rings is 1. The van der Waals surface area contributed by atoms with Gasteiger partial charge in [0.25, 0.3) is 0 Å². The summed E-state index contributed by atoms with van der Waals surface area (Å²) in [5.41, 5.74) is 5.95. The van der Waals surface area contributed by atoms with Crippen molar-refractivity contribution in [3.63, 3.8) is 0 Å². The molecule has 1 aromatic carbocycles. The first-order valence-electron chi connectivity index (χ1n) is 4.89. The summed E-state index contributed by atoms with van der Waals surface area (Å²) < 4.78 is 31.4. The van der Waals surface area contributed by atoms with Crippen molar-refractivity contribution in [1.29, 1.82) is 0 Å². The maximum atomic E-state index is 13.4. The Morgan fingerprint density at radius 1 is 1.27 bits per heavy atom. The fraction of sp³-hybridized carbons (Fsp3) is 0.455. The molecule has 0 aliphatic heterocycles. The molecule has 1 fully saturated rings. The van der Waals surface area contributed by atoms with Gasteiger partial charge in [0.2, 0.25) is 0 Å². The summed E-state index contributed by atoms with van der Waals surface area (Å²) in [6, 6.07) is 2.53. The van der Waals surface area contributed by atoms with E-state index in [-0.39, 0.29) is 5.75 Å². The molecule has 0 heterocycles. The van der Waals surface area contributed by atoms with Gasteiger partial charge >= 0.3 is 0 Å². The van der Waals surface area contributed by atoms with Gasteiger partial charge in [-0.15, -0.1) is 0 Å². The van der Waals surface area contributed by atoms with Crippen LogP contribution in [0.2, 0.25) is 0 Å². The highest BCUT2D eigenvalue weighted by Gasteiger charge is 2.35. The van der Waals surface area contributed by atoms with E-state index in [4.69, 9.17) is 5.73 Å². The number of hydrogen-bond acceptors (Lipinski definition) is 2. The van der Waals surface area contributed by atoms with Gasteiger partial charge in [-0.3, -0.25) is 0 Å². The zero-order chi connectivity index (χ0) is 11.1. The van der Waals surface area contributed by atoms with E-state index in [1.54, 1.807) is 0 Å². The normalized spacial score (nSPS) is 18.4. The summed E-state index contributed by atoms with van der Waals surface area (Å²) >= 11 is 0. The third-order valence-corrected chi connectivity index (χ3v) is 3.02. The Morgan fingerprint density at radius 2 is 1.80 bits per heavy atom. The van der Waals surface area contributed by atoms with Gasteiger partial charge in [0.1, 0.15) is 0 Å². The van der Waals surface area contributed by atoms with E-state index < -0.39 is 17.2 Å². The Morgan fingerprint density at radius 3 is 2.13 bits per heavy atom. The molecular weight excluding hydrogens is 200 g/mol. The molecule has 1 aromatic rings. The highest BCUT2D eigenvalue weighted by atomic mass is 19.1. The Labute approximate surface area is 87.0 Å². The van der Waals surface area contributed by atoms with Crippen LogP contribution in [0.1, 0.15) is 24.8 Å². The lowest BCUT2D eigenvalue weighted by Gasteiger charge is -2.38. The lowest BCUT2D eigenvalue weighted by atomic mass is 9.73. The van der Waals surface area contributed by atoms with Crippen molar-refractivity contribution in [2.75, 3.05) is 7.11 Å². The smallest absolute Gasteiger partial charge is 0.190 e. The maximum absolute atomic E-state index is 13.4. The molecule has 0 spiro atoms. The highest BCUT2D eigenvalue weighted by Crippen LogP contribution is 2.40. The Hall–Kier alpha value is -1.16. The van der Waals surface area contributed by atoms with Crippen LogP contribution in [0.5, 0.6) is 5.75 Å². The zero-order valence-corrected chi connectivity index (χ0v) is 8.52. The van der Waals surface area contributed by atoms with Crippen molar-refractivity contribution in [3.05, 3.63) is 29.3 Å². The first kappa shape index (κ1) is 10.4. The Kier molecular flexibility index (Phi) is 2.38. The van der Waals surface area contributed by atoms with Crippen molar-refractivity contribution < 1.29 is 13.5 Å². The highest BCUT2D eigenvalue weighted by molar-refractivity contribution is 5.35. The van der Waals surface area contributed by atoms with Crippen molar-refractivity contribution in [3.8, 4) is 5.75 Å². The standard InChI is InChI=1S/C11H13F2NO/c1-15-10-8(12)5-7(6-9(10)13)11(14)3-2-4-11/h5-6H,2-4,14H2,1H3. The molecule has 1 saturated carbocycles. The van der Waals surface area contributed by atoms with Crippen LogP contribution in [0, 0.1) is 11.6 Å². The number of hydrogen-bond donors (Lipinski definition) is 1. The molecule has 2 N–H and O–H groups in total. The predicted molar refractivity (Wildman–Crippen MR) is 52.6 cm³/mol. The van der Waals surface area contributed by atoms with Crippen LogP contribution in [-0.4, -0.2) is 7.11 Å². The van der Waals surface area contributed by atoms with Crippen LogP contribution in [0.4, 0.5) is 8.78 Å². The fourth-order valence-corrected chi connectivity index (χ4v) is 1.89. The van der Waals surface area contributed by atoms with Crippen molar-refractivity contribution in [2.45, 2.75) is 24.8 Å². The summed E-state index contributed by atoms with van der Waals surface area (Å²) in [6.07, 6.45) is 2.56. The molecule has 1 aliphatic rings. The average molecular weight is 213 g/mol. The van der Waals surface area contributed by atoms with Gasteiger partial charge in [0.05, 0.1) is 7.11 Å². The fourth-order valence-electron chi connectivity index (χ4n) is 1.89. The molecule has 1 aliphatic carbocycles. The van der Waals surface area contributed by atoms with E-state index >= 15 is 0 Å². The summed E-state index contributed by atoms with van der Waals surface area (Å²) in [5.74, 6) is -1.73. The van der Waals surface area contributed by atoms with Gasteiger partial charge in [0.15, 0.2) is 17.4 Å². The van der Waals surface area contributed by atoms with E-state index in [0.29, 0.717) is 5.56 Å². The molecule has 0 aromatic heterocycles. The van der Waals surface area contributed by atoms with Crippen LogP contribution in [-0.2, 0) is 5.54 Å². The zero-order valence-electron chi connectivity index (χ0n) is 8.52. The van der Waals surface area contributed by atoms with E-state index in [9.17, 15) is 8.78 Å². The molecule has 0 atom stereocenters. The number of rotatable bonds is 2. The third-order valence-electron chi connectivity index (χ3n) is 3.02. The van der Waals surface area contributed by atoms with Gasteiger partial charge in [-0.2, -0.15) is 0 Å². The molecule has 0 bridgehead atoms. The van der Waals surface area contributed by atoms with Gasteiger partial charge in [0, 0.05) is 5.54 Å². The topological polar surface area (TPSA) is 35.2 Å². The molecule has 0 saturated heterocycles. The van der Waals surface area contributed by atoms with Crippen LogP contribution < -0.4 is 10.5 Å². The first-order valence-corrected chi connectivity index (χ1v) is 4.89. The second-order valence-corrected chi connectivity index (χ2v) is 3.98. The lowest BCUT2D eigenvalue weighted by Crippen LogP contribution is -2.43. The SMILES string of the molecule is COc1c(F)cc(C2(N)CCC2)cc1F. The van der Waals surface area contributed by atoms with E-state index in [1.807, 2.05) is 0 Å². The maximum Gasteiger partial charge on any atom is 0.190 e. The quantitative estimate of drug-likeness (QED) is 0.818. The molecular formula is C11H13F2NO. The molecule has 0 radical (unpaired) electrons. The summed E-state index contributed by atoms with van der Waals surface area (Å²) in [7, 11) is 1.24. The lowest BCUT2D eigenvalue weighted by molar-refractivity contribution is 0.250. The third kappa shape index (κ3) is 1.59. The molecule has 0 amide bonds. The number of methoxy groups -OCH3 is 1. The van der Waals surface area contributed by atoms with Gasteiger partial charge in [-0.05, 0) is 37.0 Å². The number of halogens is 2. The minimum atomic E-state index is -0.691. The van der Waals surface area contributed by atoms with Crippen molar-refractivity contribution >= 4 is 0 Å². The second-order valence-electron chi connectivity index (χ2n) is 3.98. The largest absolute Gasteiger partial charge is 0.491 e. The molecule has 0 unspecified atom stereocenters. The van der Waals surface area contributed by atoms with Crippen molar-refractivity contribution in [2.24, 2.45) is 5.73 Å². The Balaban J connectivity index is 2.43. The van der Waals surface area contributed by atoms with E-state index in [0.717, 1.165) is 19.3 Å². The monoisotopic (exact) mass is 213 g/mol. The molecule has 2 nitrogen and oxygen atoms in total. The van der Waals surface area contributed by atoms with E-state index in [1.165, 1.54) is 19.2 Å². The minimum absolute atomic E-state index is 0.346. The van der Waals surface area contributed by atoms with Crippen LogP contribution in [0.3, 0.4) is 0 Å². The average Bonchev–Trinajstić information content (AvgIpc) is 2.13. The van der Waals surface area contributed by atoms with Gasteiger partial charge in [-0.25, -0.2) is 8.78 Å². The summed E-state index contributed by atoms with van der Waals surface area (Å²) in [4.78, 5) is 0. The number of nitrogens with two attached hydrogens (primary N) is 1. The van der Waals surface area contributed by atoms with Crippen LogP contribution in [0.15, 0.2) is 12.1 Å². The van der Waals surface area contributed by atoms with Gasteiger partial charge in [-0.1, -0.05) is 0 Å². The molecule has 15 heavy (non-hydrogen) atoms. The summed E-state index contributed by atoms with van der Waals surface area (Å²) in [5, 5.41) is 0. The molecule has 2 rings (SSSR count). The number of ether oxygens (including phenoxy) is 1. The predicted octanol–water partition coefficient (Wildman–Crippen LogP) is 2.31. The Bertz CT molecular complexity index is 365. The van der Waals surface area contributed by atoms with Crippen LogP contribution >= 0.6 is 0 Å². The van der Waals surface area contributed by atoms with Gasteiger partial charge < -0.3 is 10.5 Å². The summed E-state index contributed by atoms with van der Waals surface area (Å²) in [6.45, 7) is 0. The molecule has 4 heteroatoms. The van der Waals surface area contributed by atoms with Crippen molar-refractivity contribution in [1.82, 2.24) is 0 Å². The van der Waals surface area contributed by atoms with E-state index in [2.05, 4.69) is 4.74 Å². The molecule has 82 valence electrons. The minimum Gasteiger partial charge on any atom is -0.491 e.